The second-order valence-electron chi connectivity index (χ2n) is 4.26. The molecule has 2 aromatic carbocycles. The SMILES string of the molecule is O=C(O)C(NS(=O)(=O)c1cccc(Cl)c1)c1ccccc1. The lowest BCUT2D eigenvalue weighted by Crippen LogP contribution is -2.33. The maximum absolute atomic E-state index is 12.2. The third-order valence-electron chi connectivity index (χ3n) is 2.76. The second-order valence-corrected chi connectivity index (χ2v) is 6.41. The molecule has 1 atom stereocenters. The first-order chi connectivity index (χ1) is 9.90. The lowest BCUT2D eigenvalue weighted by Gasteiger charge is -2.15. The first kappa shape index (κ1) is 15.5. The van der Waals surface area contributed by atoms with E-state index < -0.39 is 22.0 Å². The number of halogens is 1. The lowest BCUT2D eigenvalue weighted by atomic mass is 10.1. The van der Waals surface area contributed by atoms with E-state index in [1.165, 1.54) is 24.3 Å². The van der Waals surface area contributed by atoms with E-state index in [2.05, 4.69) is 4.72 Å². The molecule has 0 spiro atoms. The molecule has 0 radical (unpaired) electrons. The van der Waals surface area contributed by atoms with Crippen molar-refractivity contribution in [2.75, 3.05) is 0 Å². The third kappa shape index (κ3) is 3.81. The monoisotopic (exact) mass is 325 g/mol. The molecule has 0 saturated heterocycles. The molecule has 0 saturated carbocycles. The van der Waals surface area contributed by atoms with Crippen molar-refractivity contribution in [2.45, 2.75) is 10.9 Å². The highest BCUT2D eigenvalue weighted by Crippen LogP contribution is 2.19. The van der Waals surface area contributed by atoms with Gasteiger partial charge in [0.2, 0.25) is 10.0 Å². The van der Waals surface area contributed by atoms with Gasteiger partial charge in [-0.15, -0.1) is 0 Å². The normalized spacial score (nSPS) is 12.8. The van der Waals surface area contributed by atoms with Gasteiger partial charge >= 0.3 is 5.97 Å². The molecular formula is C14H12ClNO4S. The molecule has 0 fully saturated rings. The number of aliphatic carboxylic acids is 1. The summed E-state index contributed by atoms with van der Waals surface area (Å²) in [6, 6.07) is 12.3. The van der Waals surface area contributed by atoms with Crippen LogP contribution in [0.3, 0.4) is 0 Å². The van der Waals surface area contributed by atoms with E-state index in [0.29, 0.717) is 5.56 Å². The van der Waals surface area contributed by atoms with Crippen LogP contribution < -0.4 is 4.72 Å². The van der Waals surface area contributed by atoms with Crippen LogP contribution in [0.4, 0.5) is 0 Å². The zero-order chi connectivity index (χ0) is 15.5. The van der Waals surface area contributed by atoms with Crippen molar-refractivity contribution in [1.29, 1.82) is 0 Å². The van der Waals surface area contributed by atoms with E-state index in [4.69, 9.17) is 11.6 Å². The molecule has 0 heterocycles. The molecule has 0 amide bonds. The Bertz CT molecular complexity index is 747. The molecule has 0 bridgehead atoms. The van der Waals surface area contributed by atoms with Gasteiger partial charge in [0.1, 0.15) is 6.04 Å². The van der Waals surface area contributed by atoms with E-state index in [9.17, 15) is 18.3 Å². The molecule has 0 aliphatic heterocycles. The van der Waals surface area contributed by atoms with Crippen LogP contribution in [-0.4, -0.2) is 19.5 Å². The summed E-state index contributed by atoms with van der Waals surface area (Å²) in [4.78, 5) is 11.2. The number of carbonyl (C=O) groups is 1. The number of carboxylic acid groups (broad SMARTS) is 1. The maximum atomic E-state index is 12.2. The van der Waals surface area contributed by atoms with Crippen molar-refractivity contribution in [1.82, 2.24) is 4.72 Å². The topological polar surface area (TPSA) is 83.5 Å². The molecule has 0 aliphatic rings. The van der Waals surface area contributed by atoms with Gasteiger partial charge in [-0.25, -0.2) is 8.42 Å². The summed E-state index contributed by atoms with van der Waals surface area (Å²) in [6.45, 7) is 0. The Labute approximate surface area is 127 Å². The van der Waals surface area contributed by atoms with Crippen LogP contribution in [0, 0.1) is 0 Å². The minimum Gasteiger partial charge on any atom is -0.480 e. The second kappa shape index (κ2) is 6.26. The van der Waals surface area contributed by atoms with Crippen molar-refractivity contribution >= 4 is 27.6 Å². The third-order valence-corrected chi connectivity index (χ3v) is 4.41. The molecule has 2 aromatic rings. The number of nitrogens with one attached hydrogen (secondary N) is 1. The van der Waals surface area contributed by atoms with E-state index in [1.54, 1.807) is 30.3 Å². The van der Waals surface area contributed by atoms with Gasteiger partial charge in [-0.3, -0.25) is 4.79 Å². The predicted octanol–water partition coefficient (Wildman–Crippen LogP) is 2.44. The fourth-order valence-electron chi connectivity index (χ4n) is 1.76. The summed E-state index contributed by atoms with van der Waals surface area (Å²) < 4.78 is 26.6. The number of sulfonamides is 1. The van der Waals surface area contributed by atoms with E-state index in [0.717, 1.165) is 0 Å². The number of hydrogen-bond acceptors (Lipinski definition) is 3. The molecule has 1 unspecified atom stereocenters. The Morgan fingerprint density at radius 3 is 2.33 bits per heavy atom. The molecule has 2 N–H and O–H groups in total. The molecular weight excluding hydrogens is 314 g/mol. The summed E-state index contributed by atoms with van der Waals surface area (Å²) in [5.74, 6) is -1.29. The molecule has 0 aliphatic carbocycles. The van der Waals surface area contributed by atoms with Gasteiger partial charge in [0.15, 0.2) is 0 Å². The van der Waals surface area contributed by atoms with Gasteiger partial charge < -0.3 is 5.11 Å². The Kier molecular flexibility index (Phi) is 4.62. The predicted molar refractivity (Wildman–Crippen MR) is 78.6 cm³/mol. The highest BCUT2D eigenvalue weighted by Gasteiger charge is 2.26. The van der Waals surface area contributed by atoms with Crippen LogP contribution in [0.25, 0.3) is 0 Å². The van der Waals surface area contributed by atoms with Gasteiger partial charge in [-0.2, -0.15) is 4.72 Å². The standard InChI is InChI=1S/C14H12ClNO4S/c15-11-7-4-8-12(9-11)21(19,20)16-13(14(17)18)10-5-2-1-3-6-10/h1-9,13,16H,(H,17,18). The van der Waals surface area contributed by atoms with Crippen molar-refractivity contribution in [3.05, 3.63) is 65.2 Å². The smallest absolute Gasteiger partial charge is 0.326 e. The number of rotatable bonds is 5. The van der Waals surface area contributed by atoms with Crippen LogP contribution in [0.15, 0.2) is 59.5 Å². The van der Waals surface area contributed by atoms with Crippen LogP contribution in [-0.2, 0) is 14.8 Å². The Morgan fingerprint density at radius 1 is 1.10 bits per heavy atom. The highest BCUT2D eigenvalue weighted by atomic mass is 35.5. The minimum atomic E-state index is -3.99. The molecule has 0 aromatic heterocycles. The average Bonchev–Trinajstić information content (AvgIpc) is 2.45. The largest absolute Gasteiger partial charge is 0.480 e. The Hall–Kier alpha value is -1.89. The van der Waals surface area contributed by atoms with Gasteiger partial charge in [-0.1, -0.05) is 48.0 Å². The quantitative estimate of drug-likeness (QED) is 0.884. The highest BCUT2D eigenvalue weighted by molar-refractivity contribution is 7.89. The van der Waals surface area contributed by atoms with Crippen LogP contribution in [0.5, 0.6) is 0 Å². The van der Waals surface area contributed by atoms with Crippen LogP contribution in [0.2, 0.25) is 5.02 Å². The zero-order valence-electron chi connectivity index (χ0n) is 10.7. The first-order valence-corrected chi connectivity index (χ1v) is 7.82. The fraction of sp³-hybridized carbons (Fsp3) is 0.0714. The summed E-state index contributed by atoms with van der Waals surface area (Å²) >= 11 is 5.76. The average molecular weight is 326 g/mol. The summed E-state index contributed by atoms with van der Waals surface area (Å²) in [5, 5.41) is 9.49. The van der Waals surface area contributed by atoms with E-state index in [-0.39, 0.29) is 9.92 Å². The van der Waals surface area contributed by atoms with E-state index in [1.807, 2.05) is 0 Å². The number of hydrogen-bond donors (Lipinski definition) is 2. The molecule has 110 valence electrons. The number of carboxylic acids is 1. The molecule has 21 heavy (non-hydrogen) atoms. The minimum absolute atomic E-state index is 0.0859. The van der Waals surface area contributed by atoms with Gasteiger partial charge in [0.25, 0.3) is 0 Å². The Morgan fingerprint density at radius 2 is 1.76 bits per heavy atom. The summed E-state index contributed by atoms with van der Waals surface area (Å²) in [5.41, 5.74) is 0.343. The van der Waals surface area contributed by atoms with Crippen molar-refractivity contribution in [2.24, 2.45) is 0 Å². The van der Waals surface area contributed by atoms with Crippen LogP contribution >= 0.6 is 11.6 Å². The Balaban J connectivity index is 2.35. The first-order valence-electron chi connectivity index (χ1n) is 5.96. The molecule has 2 rings (SSSR count). The molecule has 7 heteroatoms. The maximum Gasteiger partial charge on any atom is 0.326 e. The van der Waals surface area contributed by atoms with Gasteiger partial charge in [0.05, 0.1) is 4.90 Å². The van der Waals surface area contributed by atoms with E-state index >= 15 is 0 Å². The van der Waals surface area contributed by atoms with Gasteiger partial charge in [-0.05, 0) is 23.8 Å². The van der Waals surface area contributed by atoms with Gasteiger partial charge in [0, 0.05) is 5.02 Å². The summed E-state index contributed by atoms with van der Waals surface area (Å²) in [7, 11) is -3.99. The number of benzene rings is 2. The fourth-order valence-corrected chi connectivity index (χ4v) is 3.24. The van der Waals surface area contributed by atoms with Crippen LogP contribution in [0.1, 0.15) is 11.6 Å². The lowest BCUT2D eigenvalue weighted by molar-refractivity contribution is -0.139. The molecule has 5 nitrogen and oxygen atoms in total. The van der Waals surface area contributed by atoms with Crippen molar-refractivity contribution < 1.29 is 18.3 Å². The van der Waals surface area contributed by atoms with Crippen molar-refractivity contribution in [3.8, 4) is 0 Å². The summed E-state index contributed by atoms with van der Waals surface area (Å²) in [6.07, 6.45) is 0. The van der Waals surface area contributed by atoms with Crippen molar-refractivity contribution in [3.63, 3.8) is 0 Å². The zero-order valence-corrected chi connectivity index (χ0v) is 12.3.